The van der Waals surface area contributed by atoms with E-state index in [2.05, 4.69) is 35.0 Å². The van der Waals surface area contributed by atoms with Crippen LogP contribution in [0.4, 0.5) is 0 Å². The Morgan fingerprint density at radius 1 is 1.08 bits per heavy atom. The van der Waals surface area contributed by atoms with Crippen molar-refractivity contribution in [1.29, 1.82) is 0 Å². The number of hydrogen-bond acceptors (Lipinski definition) is 4. The smallest absolute Gasteiger partial charge is 0.156 e. The Hall–Kier alpha value is -1.66. The quantitative estimate of drug-likeness (QED) is 0.698. The van der Waals surface area contributed by atoms with Crippen LogP contribution < -0.4 is 0 Å². The lowest BCUT2D eigenvalue weighted by Gasteiger charge is -2.26. The largest absolute Gasteiger partial charge is 0.379 e. The van der Waals surface area contributed by atoms with Gasteiger partial charge in [-0.2, -0.15) is 5.10 Å². The van der Waals surface area contributed by atoms with Crippen molar-refractivity contribution in [2.75, 3.05) is 26.3 Å². The minimum atomic E-state index is 0. The molecular weight excluding hydrogens is 359 g/mol. The molecule has 1 saturated heterocycles. The highest BCUT2D eigenvalue weighted by molar-refractivity contribution is 5.85. The Bertz CT molecular complexity index is 817. The van der Waals surface area contributed by atoms with Gasteiger partial charge < -0.3 is 4.74 Å². The van der Waals surface area contributed by atoms with E-state index in [1.165, 1.54) is 0 Å². The summed E-state index contributed by atoms with van der Waals surface area (Å²) in [7, 11) is 0. The first kappa shape index (κ1) is 19.7. The fraction of sp³-hybridized carbons (Fsp3) is 0.333. The van der Waals surface area contributed by atoms with Crippen LogP contribution >= 0.6 is 24.8 Å². The van der Waals surface area contributed by atoms with Gasteiger partial charge in [-0.1, -0.05) is 30.3 Å². The monoisotopic (exact) mass is 380 g/mol. The van der Waals surface area contributed by atoms with Crippen molar-refractivity contribution in [2.24, 2.45) is 0 Å². The zero-order valence-electron chi connectivity index (χ0n) is 14.1. The van der Waals surface area contributed by atoms with Crippen LogP contribution in [-0.4, -0.2) is 45.8 Å². The molecule has 0 unspecified atom stereocenters. The standard InChI is InChI=1S/C18H20N4O.2ClH/c1-14-11-17(15-5-3-2-4-6-15)20-22-16(12-19-18(14)22)13-21-7-9-23-10-8-21;;/h2-6,11-12H,7-10,13H2,1H3;2*1H. The molecule has 0 aliphatic carbocycles. The molecule has 0 saturated carbocycles. The summed E-state index contributed by atoms with van der Waals surface area (Å²) in [4.78, 5) is 6.95. The highest BCUT2D eigenvalue weighted by Gasteiger charge is 2.15. The van der Waals surface area contributed by atoms with Crippen LogP contribution in [0.2, 0.25) is 0 Å². The van der Waals surface area contributed by atoms with Crippen molar-refractivity contribution in [3.63, 3.8) is 0 Å². The predicted octanol–water partition coefficient (Wildman–Crippen LogP) is 3.38. The SMILES string of the molecule is Cc1cc(-c2ccccc2)nn2c(CN3CCOCC3)cnc12.Cl.Cl. The van der Waals surface area contributed by atoms with E-state index in [0.29, 0.717) is 0 Å². The van der Waals surface area contributed by atoms with Crippen LogP contribution in [0.15, 0.2) is 42.6 Å². The van der Waals surface area contributed by atoms with Crippen molar-refractivity contribution in [2.45, 2.75) is 13.5 Å². The van der Waals surface area contributed by atoms with Crippen molar-refractivity contribution >= 4 is 30.5 Å². The molecular formula is C18H22Cl2N4O. The summed E-state index contributed by atoms with van der Waals surface area (Å²) in [6, 6.07) is 12.4. The second-order valence-electron chi connectivity index (χ2n) is 5.95. The number of imidazole rings is 1. The van der Waals surface area contributed by atoms with Crippen molar-refractivity contribution in [3.8, 4) is 11.3 Å². The molecule has 0 bridgehead atoms. The number of rotatable bonds is 3. The molecule has 1 fully saturated rings. The molecule has 1 aromatic carbocycles. The molecule has 5 nitrogen and oxygen atoms in total. The van der Waals surface area contributed by atoms with E-state index in [9.17, 15) is 0 Å². The van der Waals surface area contributed by atoms with Crippen LogP contribution in [0.3, 0.4) is 0 Å². The molecule has 0 spiro atoms. The maximum atomic E-state index is 5.42. The number of benzene rings is 1. The Labute approximate surface area is 159 Å². The summed E-state index contributed by atoms with van der Waals surface area (Å²) >= 11 is 0. The molecule has 1 aliphatic rings. The average Bonchev–Trinajstić information content (AvgIpc) is 3.00. The number of morpholine rings is 1. The lowest BCUT2D eigenvalue weighted by Crippen LogP contribution is -2.36. The molecule has 134 valence electrons. The van der Waals surface area contributed by atoms with E-state index >= 15 is 0 Å². The predicted molar refractivity (Wildman–Crippen MR) is 104 cm³/mol. The van der Waals surface area contributed by atoms with Crippen LogP contribution in [0.1, 0.15) is 11.3 Å². The van der Waals surface area contributed by atoms with Gasteiger partial charge in [-0.3, -0.25) is 4.90 Å². The van der Waals surface area contributed by atoms with Crippen LogP contribution in [-0.2, 0) is 11.3 Å². The number of nitrogens with zero attached hydrogens (tertiary/aromatic N) is 4. The van der Waals surface area contributed by atoms with E-state index in [-0.39, 0.29) is 24.8 Å². The maximum Gasteiger partial charge on any atom is 0.156 e. The summed E-state index contributed by atoms with van der Waals surface area (Å²) < 4.78 is 7.42. The second kappa shape index (κ2) is 8.63. The summed E-state index contributed by atoms with van der Waals surface area (Å²) in [5.41, 5.74) is 5.32. The topological polar surface area (TPSA) is 42.7 Å². The van der Waals surface area contributed by atoms with E-state index in [0.717, 1.165) is 61.0 Å². The average molecular weight is 381 g/mol. The Balaban J connectivity index is 0.00000113. The van der Waals surface area contributed by atoms with Crippen molar-refractivity contribution in [3.05, 3.63) is 53.9 Å². The van der Waals surface area contributed by atoms with Gasteiger partial charge >= 0.3 is 0 Å². The zero-order valence-corrected chi connectivity index (χ0v) is 15.7. The van der Waals surface area contributed by atoms with Gasteiger partial charge in [0.05, 0.1) is 30.8 Å². The van der Waals surface area contributed by atoms with Crippen molar-refractivity contribution in [1.82, 2.24) is 19.5 Å². The first-order valence-corrected chi connectivity index (χ1v) is 8.01. The first-order valence-electron chi connectivity index (χ1n) is 8.01. The van der Waals surface area contributed by atoms with Crippen LogP contribution in [0, 0.1) is 6.92 Å². The highest BCUT2D eigenvalue weighted by atomic mass is 35.5. The fourth-order valence-corrected chi connectivity index (χ4v) is 3.01. The summed E-state index contributed by atoms with van der Waals surface area (Å²) in [6.07, 6.45) is 1.94. The van der Waals surface area contributed by atoms with Crippen molar-refractivity contribution < 1.29 is 4.74 Å². The maximum absolute atomic E-state index is 5.42. The third-order valence-corrected chi connectivity index (χ3v) is 4.28. The summed E-state index contributed by atoms with van der Waals surface area (Å²) in [5, 5.41) is 4.83. The number of fused-ring (bicyclic) bond motifs is 1. The Kier molecular flexibility index (Phi) is 6.79. The summed E-state index contributed by atoms with van der Waals surface area (Å²) in [5.74, 6) is 0. The molecule has 0 N–H and O–H groups in total. The summed E-state index contributed by atoms with van der Waals surface area (Å²) in [6.45, 7) is 6.48. The minimum Gasteiger partial charge on any atom is -0.379 e. The Morgan fingerprint density at radius 3 is 2.52 bits per heavy atom. The number of aromatic nitrogens is 3. The van der Waals surface area contributed by atoms with Gasteiger partial charge in [-0.15, -0.1) is 24.8 Å². The first-order chi connectivity index (χ1) is 11.3. The molecule has 2 aromatic heterocycles. The van der Waals surface area contributed by atoms with Gasteiger partial charge in [0.1, 0.15) is 0 Å². The van der Waals surface area contributed by atoms with Gasteiger partial charge in [0.25, 0.3) is 0 Å². The van der Waals surface area contributed by atoms with Gasteiger partial charge in [0, 0.05) is 25.2 Å². The molecule has 25 heavy (non-hydrogen) atoms. The molecule has 0 radical (unpaired) electrons. The molecule has 1 aliphatic heterocycles. The van der Waals surface area contributed by atoms with Gasteiger partial charge in [-0.25, -0.2) is 9.50 Å². The molecule has 4 rings (SSSR count). The second-order valence-corrected chi connectivity index (χ2v) is 5.95. The van der Waals surface area contributed by atoms with E-state index in [1.807, 2.05) is 28.9 Å². The van der Waals surface area contributed by atoms with E-state index < -0.39 is 0 Å². The zero-order chi connectivity index (χ0) is 15.6. The third kappa shape index (κ3) is 4.12. The minimum absolute atomic E-state index is 0. The number of halogens is 2. The third-order valence-electron chi connectivity index (χ3n) is 4.28. The molecule has 3 heterocycles. The highest BCUT2D eigenvalue weighted by Crippen LogP contribution is 2.21. The van der Waals surface area contributed by atoms with Gasteiger partial charge in [-0.05, 0) is 18.6 Å². The Morgan fingerprint density at radius 2 is 1.80 bits per heavy atom. The molecule has 7 heteroatoms. The number of aryl methyl sites for hydroxylation is 1. The van der Waals surface area contributed by atoms with Crippen LogP contribution in [0.25, 0.3) is 16.9 Å². The van der Waals surface area contributed by atoms with Crippen LogP contribution in [0.5, 0.6) is 0 Å². The van der Waals surface area contributed by atoms with E-state index in [4.69, 9.17) is 9.84 Å². The lowest BCUT2D eigenvalue weighted by molar-refractivity contribution is 0.0334. The normalized spacial score (nSPS) is 14.8. The number of ether oxygens (including phenoxy) is 1. The van der Waals surface area contributed by atoms with E-state index in [1.54, 1.807) is 0 Å². The molecule has 3 aromatic rings. The molecule has 0 amide bonds. The van der Waals surface area contributed by atoms with Gasteiger partial charge in [0.15, 0.2) is 5.65 Å². The lowest BCUT2D eigenvalue weighted by atomic mass is 10.1. The molecule has 0 atom stereocenters. The van der Waals surface area contributed by atoms with Gasteiger partial charge in [0.2, 0.25) is 0 Å². The number of hydrogen-bond donors (Lipinski definition) is 0. The fourth-order valence-electron chi connectivity index (χ4n) is 3.01.